The van der Waals surface area contributed by atoms with E-state index in [2.05, 4.69) is 20.8 Å². The molecule has 1 aromatic heterocycles. The Morgan fingerprint density at radius 3 is 2.73 bits per heavy atom. The van der Waals surface area contributed by atoms with E-state index in [1.165, 1.54) is 0 Å². The van der Waals surface area contributed by atoms with E-state index < -0.39 is 0 Å². The van der Waals surface area contributed by atoms with Gasteiger partial charge in [-0.05, 0) is 24.6 Å². The maximum atomic E-state index is 12.1. The summed E-state index contributed by atoms with van der Waals surface area (Å²) in [7, 11) is 0. The van der Waals surface area contributed by atoms with E-state index in [-0.39, 0.29) is 30.9 Å². The zero-order chi connectivity index (χ0) is 18.4. The molecule has 0 saturated carbocycles. The number of oxime groups is 1. The summed E-state index contributed by atoms with van der Waals surface area (Å²) in [5.74, 6) is -0.0271. The zero-order valence-corrected chi connectivity index (χ0v) is 14.4. The van der Waals surface area contributed by atoms with Gasteiger partial charge in [-0.2, -0.15) is 0 Å². The third-order valence-corrected chi connectivity index (χ3v) is 3.90. The molecule has 2 amide bonds. The Hall–Kier alpha value is -3.22. The van der Waals surface area contributed by atoms with Crippen molar-refractivity contribution in [3.05, 3.63) is 59.8 Å². The molecule has 0 spiro atoms. The Kier molecular flexibility index (Phi) is 5.58. The molecule has 1 aromatic carbocycles. The summed E-state index contributed by atoms with van der Waals surface area (Å²) in [6.07, 6.45) is 0.319. The van der Waals surface area contributed by atoms with Crippen LogP contribution in [0.4, 0.5) is 5.82 Å². The lowest BCUT2D eigenvalue weighted by Gasteiger charge is -2.08. The number of carbonyl (C=O) groups is 2. The number of anilines is 1. The van der Waals surface area contributed by atoms with Crippen LogP contribution in [0.1, 0.15) is 30.2 Å². The largest absolute Gasteiger partial charge is 0.387 e. The highest BCUT2D eigenvalue weighted by atomic mass is 16.6. The van der Waals surface area contributed by atoms with Crippen molar-refractivity contribution in [2.45, 2.75) is 25.9 Å². The molecule has 7 nitrogen and oxygen atoms in total. The lowest BCUT2D eigenvalue weighted by Crippen LogP contribution is -2.33. The second-order valence-electron chi connectivity index (χ2n) is 5.97. The molecule has 7 heteroatoms. The van der Waals surface area contributed by atoms with E-state index in [1.807, 2.05) is 49.4 Å². The first-order valence-corrected chi connectivity index (χ1v) is 8.41. The molecule has 2 N–H and O–H groups in total. The maximum absolute atomic E-state index is 12.1. The van der Waals surface area contributed by atoms with E-state index in [0.717, 1.165) is 11.3 Å². The third-order valence-electron chi connectivity index (χ3n) is 3.90. The number of pyridine rings is 1. The average Bonchev–Trinajstić information content (AvgIpc) is 3.12. The quantitative estimate of drug-likeness (QED) is 0.835. The third kappa shape index (κ3) is 4.66. The number of benzene rings is 1. The second-order valence-corrected chi connectivity index (χ2v) is 5.97. The molecule has 0 unspecified atom stereocenters. The van der Waals surface area contributed by atoms with Crippen LogP contribution in [-0.2, 0) is 14.4 Å². The number of aryl methyl sites for hydroxylation is 1. The van der Waals surface area contributed by atoms with E-state index in [1.54, 1.807) is 6.07 Å². The van der Waals surface area contributed by atoms with Gasteiger partial charge in [-0.25, -0.2) is 4.98 Å². The van der Waals surface area contributed by atoms with Crippen LogP contribution in [-0.4, -0.2) is 29.1 Å². The van der Waals surface area contributed by atoms with Crippen LogP contribution in [0.2, 0.25) is 0 Å². The van der Waals surface area contributed by atoms with E-state index >= 15 is 0 Å². The molecule has 0 bridgehead atoms. The van der Waals surface area contributed by atoms with Gasteiger partial charge in [0.1, 0.15) is 11.5 Å². The SMILES string of the molecule is Cc1cccc(NC(=O)CCNC(=O)C2=NO[C@H](c3ccccc3)C2)n1. The van der Waals surface area contributed by atoms with Crippen molar-refractivity contribution in [2.75, 3.05) is 11.9 Å². The van der Waals surface area contributed by atoms with Crippen molar-refractivity contribution in [3.8, 4) is 0 Å². The van der Waals surface area contributed by atoms with Crippen molar-refractivity contribution in [3.63, 3.8) is 0 Å². The van der Waals surface area contributed by atoms with Gasteiger partial charge >= 0.3 is 0 Å². The fourth-order valence-electron chi connectivity index (χ4n) is 2.57. The van der Waals surface area contributed by atoms with Gasteiger partial charge in [0.15, 0.2) is 6.10 Å². The van der Waals surface area contributed by atoms with Gasteiger partial charge in [0, 0.05) is 25.1 Å². The Morgan fingerprint density at radius 1 is 1.15 bits per heavy atom. The van der Waals surface area contributed by atoms with E-state index in [4.69, 9.17) is 4.84 Å². The molecule has 1 atom stereocenters. The summed E-state index contributed by atoms with van der Waals surface area (Å²) >= 11 is 0. The molecule has 0 radical (unpaired) electrons. The maximum Gasteiger partial charge on any atom is 0.269 e. The predicted molar refractivity (Wildman–Crippen MR) is 97.6 cm³/mol. The normalized spacial score (nSPS) is 15.7. The van der Waals surface area contributed by atoms with Crippen molar-refractivity contribution < 1.29 is 14.4 Å². The van der Waals surface area contributed by atoms with Gasteiger partial charge in [-0.1, -0.05) is 41.6 Å². The summed E-state index contributed by atoms with van der Waals surface area (Å²) in [5, 5.41) is 9.25. The Balaban J connectivity index is 1.41. The molecular formula is C19H20N4O3. The molecule has 1 aliphatic rings. The Labute approximate surface area is 151 Å². The average molecular weight is 352 g/mol. The van der Waals surface area contributed by atoms with E-state index in [9.17, 15) is 9.59 Å². The predicted octanol–water partition coefficient (Wildman–Crippen LogP) is 2.35. The minimum Gasteiger partial charge on any atom is -0.387 e. The summed E-state index contributed by atoms with van der Waals surface area (Å²) in [4.78, 5) is 33.6. The van der Waals surface area contributed by atoms with Crippen LogP contribution in [0.15, 0.2) is 53.7 Å². The smallest absolute Gasteiger partial charge is 0.269 e. The summed E-state index contributed by atoms with van der Waals surface area (Å²) < 4.78 is 0. The minimum absolute atomic E-state index is 0.150. The van der Waals surface area contributed by atoms with Gasteiger partial charge in [0.25, 0.3) is 5.91 Å². The number of aromatic nitrogens is 1. The first kappa shape index (κ1) is 17.6. The molecule has 0 saturated heterocycles. The molecule has 0 fully saturated rings. The number of rotatable bonds is 6. The Bertz CT molecular complexity index is 821. The molecule has 2 heterocycles. The van der Waals surface area contributed by atoms with Crippen LogP contribution in [0, 0.1) is 6.92 Å². The van der Waals surface area contributed by atoms with Gasteiger partial charge in [0.05, 0.1) is 0 Å². The lowest BCUT2D eigenvalue weighted by molar-refractivity contribution is -0.116. The van der Waals surface area contributed by atoms with E-state index in [0.29, 0.717) is 18.0 Å². The number of nitrogens with zero attached hydrogens (tertiary/aromatic N) is 2. The molecule has 26 heavy (non-hydrogen) atoms. The van der Waals surface area contributed by atoms with Crippen molar-refractivity contribution in [2.24, 2.45) is 5.16 Å². The highest BCUT2D eigenvalue weighted by Crippen LogP contribution is 2.26. The minimum atomic E-state index is -0.315. The molecular weight excluding hydrogens is 332 g/mol. The molecule has 0 aliphatic carbocycles. The van der Waals surface area contributed by atoms with Crippen molar-refractivity contribution in [1.82, 2.24) is 10.3 Å². The fourth-order valence-corrected chi connectivity index (χ4v) is 2.57. The summed E-state index contributed by atoms with van der Waals surface area (Å²) in [5.41, 5.74) is 2.13. The number of nitrogens with one attached hydrogen (secondary N) is 2. The molecule has 134 valence electrons. The van der Waals surface area contributed by atoms with Gasteiger partial charge in [0.2, 0.25) is 5.91 Å². The zero-order valence-electron chi connectivity index (χ0n) is 14.4. The lowest BCUT2D eigenvalue weighted by atomic mass is 10.0. The standard InChI is InChI=1S/C19H20N4O3/c1-13-6-5-9-17(21-13)22-18(24)10-11-20-19(25)15-12-16(26-23-15)14-7-3-2-4-8-14/h2-9,16H,10-12H2,1H3,(H,20,25)(H,21,22,24)/t16-/m0/s1. The Morgan fingerprint density at radius 2 is 1.96 bits per heavy atom. The first-order chi connectivity index (χ1) is 12.6. The van der Waals surface area contributed by atoms with Gasteiger partial charge < -0.3 is 15.5 Å². The van der Waals surface area contributed by atoms with Crippen molar-refractivity contribution in [1.29, 1.82) is 0 Å². The first-order valence-electron chi connectivity index (χ1n) is 8.41. The van der Waals surface area contributed by atoms with Gasteiger partial charge in [-0.3, -0.25) is 9.59 Å². The number of hydrogen-bond acceptors (Lipinski definition) is 5. The summed E-state index contributed by atoms with van der Waals surface area (Å²) in [6, 6.07) is 15.0. The van der Waals surface area contributed by atoms with Crippen LogP contribution in [0.5, 0.6) is 0 Å². The monoisotopic (exact) mass is 352 g/mol. The van der Waals surface area contributed by atoms with Crippen LogP contribution >= 0.6 is 0 Å². The van der Waals surface area contributed by atoms with Crippen molar-refractivity contribution >= 4 is 23.3 Å². The topological polar surface area (TPSA) is 92.7 Å². The summed E-state index contributed by atoms with van der Waals surface area (Å²) in [6.45, 7) is 2.06. The molecule has 3 rings (SSSR count). The van der Waals surface area contributed by atoms with Crippen LogP contribution < -0.4 is 10.6 Å². The number of amides is 2. The highest BCUT2D eigenvalue weighted by molar-refractivity contribution is 6.39. The van der Waals surface area contributed by atoms with Crippen LogP contribution in [0.25, 0.3) is 0 Å². The number of hydrogen-bond donors (Lipinski definition) is 2. The second kappa shape index (κ2) is 8.24. The molecule has 1 aliphatic heterocycles. The van der Waals surface area contributed by atoms with Gasteiger partial charge in [-0.15, -0.1) is 0 Å². The molecule has 2 aromatic rings. The fraction of sp³-hybridized carbons (Fsp3) is 0.263. The van der Waals surface area contributed by atoms with Crippen LogP contribution in [0.3, 0.4) is 0 Å². The number of carbonyl (C=O) groups excluding carboxylic acids is 2. The highest BCUT2D eigenvalue weighted by Gasteiger charge is 2.27.